The third kappa shape index (κ3) is 3.64. The SMILES string of the molecule is CS(=O)(=O)Nc1cccc(NC2CCN(C3CC3)C2)c1. The first-order chi connectivity index (χ1) is 9.49. The van der Waals surface area contributed by atoms with Gasteiger partial charge in [0.2, 0.25) is 10.0 Å². The van der Waals surface area contributed by atoms with Crippen LogP contribution >= 0.6 is 0 Å². The third-order valence-electron chi connectivity index (χ3n) is 3.82. The molecule has 0 aromatic heterocycles. The van der Waals surface area contributed by atoms with E-state index in [1.54, 1.807) is 6.07 Å². The Bertz CT molecular complexity index is 584. The van der Waals surface area contributed by atoms with Gasteiger partial charge in [0.25, 0.3) is 0 Å². The predicted molar refractivity (Wildman–Crippen MR) is 81.5 cm³/mol. The van der Waals surface area contributed by atoms with Crippen molar-refractivity contribution in [1.82, 2.24) is 4.90 Å². The summed E-state index contributed by atoms with van der Waals surface area (Å²) < 4.78 is 25.0. The normalized spacial score (nSPS) is 23.8. The third-order valence-corrected chi connectivity index (χ3v) is 4.43. The zero-order chi connectivity index (χ0) is 14.2. The Morgan fingerprint density at radius 3 is 2.65 bits per heavy atom. The number of likely N-dealkylation sites (tertiary alicyclic amines) is 1. The molecule has 20 heavy (non-hydrogen) atoms. The molecule has 0 bridgehead atoms. The maximum Gasteiger partial charge on any atom is 0.229 e. The molecule has 2 N–H and O–H groups in total. The Balaban J connectivity index is 1.61. The maximum absolute atomic E-state index is 11.2. The molecular formula is C14H21N3O2S. The minimum absolute atomic E-state index is 0.462. The molecule has 1 atom stereocenters. The minimum atomic E-state index is -3.22. The summed E-state index contributed by atoms with van der Waals surface area (Å²) in [6.07, 6.45) is 5.01. The summed E-state index contributed by atoms with van der Waals surface area (Å²) in [6.45, 7) is 2.26. The first kappa shape index (κ1) is 13.7. The Hall–Kier alpha value is -1.27. The molecular weight excluding hydrogens is 274 g/mol. The van der Waals surface area contributed by atoms with Gasteiger partial charge < -0.3 is 5.32 Å². The van der Waals surface area contributed by atoms with Gasteiger partial charge in [0, 0.05) is 30.9 Å². The van der Waals surface area contributed by atoms with Gasteiger partial charge in [-0.1, -0.05) is 6.07 Å². The van der Waals surface area contributed by atoms with E-state index in [4.69, 9.17) is 0 Å². The van der Waals surface area contributed by atoms with Crippen molar-refractivity contribution in [3.63, 3.8) is 0 Å². The number of anilines is 2. The van der Waals surface area contributed by atoms with E-state index < -0.39 is 10.0 Å². The summed E-state index contributed by atoms with van der Waals surface area (Å²) in [5, 5.41) is 3.50. The number of benzene rings is 1. The van der Waals surface area contributed by atoms with Crippen molar-refractivity contribution in [2.24, 2.45) is 0 Å². The van der Waals surface area contributed by atoms with E-state index >= 15 is 0 Å². The van der Waals surface area contributed by atoms with Crippen LogP contribution in [0.3, 0.4) is 0 Å². The van der Waals surface area contributed by atoms with Gasteiger partial charge in [-0.2, -0.15) is 0 Å². The van der Waals surface area contributed by atoms with E-state index in [0.29, 0.717) is 11.7 Å². The molecule has 3 rings (SSSR count). The largest absolute Gasteiger partial charge is 0.381 e. The second-order valence-corrected chi connectivity index (χ2v) is 7.56. The van der Waals surface area contributed by atoms with Gasteiger partial charge in [0.05, 0.1) is 11.9 Å². The molecule has 1 unspecified atom stereocenters. The average molecular weight is 295 g/mol. The molecule has 1 saturated carbocycles. The van der Waals surface area contributed by atoms with Gasteiger partial charge in [-0.3, -0.25) is 9.62 Å². The summed E-state index contributed by atoms with van der Waals surface area (Å²) >= 11 is 0. The van der Waals surface area contributed by atoms with Crippen LogP contribution in [0.25, 0.3) is 0 Å². The van der Waals surface area contributed by atoms with E-state index in [-0.39, 0.29) is 0 Å². The van der Waals surface area contributed by atoms with Crippen LogP contribution in [0.2, 0.25) is 0 Å². The molecule has 2 fully saturated rings. The lowest BCUT2D eigenvalue weighted by Crippen LogP contribution is -2.27. The molecule has 5 nitrogen and oxygen atoms in total. The zero-order valence-corrected chi connectivity index (χ0v) is 12.5. The van der Waals surface area contributed by atoms with Crippen molar-refractivity contribution in [2.45, 2.75) is 31.3 Å². The van der Waals surface area contributed by atoms with Crippen LogP contribution in [-0.4, -0.2) is 44.7 Å². The number of nitrogens with zero attached hydrogens (tertiary/aromatic N) is 1. The molecule has 1 aromatic rings. The van der Waals surface area contributed by atoms with E-state index in [2.05, 4.69) is 14.9 Å². The standard InChI is InChI=1S/C14H21N3O2S/c1-20(18,19)16-12-4-2-3-11(9-12)15-13-7-8-17(10-13)14-5-6-14/h2-4,9,13-16H,5-8,10H2,1H3. The van der Waals surface area contributed by atoms with Crippen molar-refractivity contribution < 1.29 is 8.42 Å². The van der Waals surface area contributed by atoms with Crippen LogP contribution in [-0.2, 0) is 10.0 Å². The highest BCUT2D eigenvalue weighted by Gasteiger charge is 2.34. The van der Waals surface area contributed by atoms with Gasteiger partial charge in [0.15, 0.2) is 0 Å². The van der Waals surface area contributed by atoms with Gasteiger partial charge in [0.1, 0.15) is 0 Å². The fraction of sp³-hybridized carbons (Fsp3) is 0.571. The van der Waals surface area contributed by atoms with Crippen molar-refractivity contribution in [1.29, 1.82) is 0 Å². The van der Waals surface area contributed by atoms with Crippen molar-refractivity contribution in [3.05, 3.63) is 24.3 Å². The Labute approximate surface area is 120 Å². The summed E-state index contributed by atoms with van der Waals surface area (Å²) in [5.74, 6) is 0. The van der Waals surface area contributed by atoms with Gasteiger partial charge in [-0.15, -0.1) is 0 Å². The van der Waals surface area contributed by atoms with Crippen LogP contribution < -0.4 is 10.0 Å². The molecule has 110 valence electrons. The number of sulfonamides is 1. The van der Waals surface area contributed by atoms with Crippen LogP contribution in [0.15, 0.2) is 24.3 Å². The Kier molecular flexibility index (Phi) is 3.60. The Morgan fingerprint density at radius 2 is 1.95 bits per heavy atom. The molecule has 2 aliphatic rings. The van der Waals surface area contributed by atoms with Gasteiger partial charge in [-0.25, -0.2) is 8.42 Å². The highest BCUT2D eigenvalue weighted by molar-refractivity contribution is 7.92. The fourth-order valence-corrected chi connectivity index (χ4v) is 3.35. The summed E-state index contributed by atoms with van der Waals surface area (Å²) in [5.41, 5.74) is 1.58. The van der Waals surface area contributed by atoms with Crippen LogP contribution in [0.4, 0.5) is 11.4 Å². The first-order valence-electron chi connectivity index (χ1n) is 7.08. The highest BCUT2D eigenvalue weighted by Crippen LogP contribution is 2.30. The first-order valence-corrected chi connectivity index (χ1v) is 8.97. The fourth-order valence-electron chi connectivity index (χ4n) is 2.80. The molecule has 0 radical (unpaired) electrons. The van der Waals surface area contributed by atoms with Crippen molar-refractivity contribution in [3.8, 4) is 0 Å². The Morgan fingerprint density at radius 1 is 1.20 bits per heavy atom. The molecule has 6 heteroatoms. The second-order valence-electron chi connectivity index (χ2n) is 5.81. The number of hydrogen-bond acceptors (Lipinski definition) is 4. The smallest absolute Gasteiger partial charge is 0.229 e. The lowest BCUT2D eigenvalue weighted by molar-refractivity contribution is 0.326. The second kappa shape index (κ2) is 5.26. The molecule has 1 aromatic carbocycles. The highest BCUT2D eigenvalue weighted by atomic mass is 32.2. The summed E-state index contributed by atoms with van der Waals surface area (Å²) in [6, 6.07) is 8.73. The average Bonchev–Trinajstić information content (AvgIpc) is 3.09. The molecule has 1 aliphatic heterocycles. The molecule has 1 aliphatic carbocycles. The van der Waals surface area contributed by atoms with Crippen molar-refractivity contribution >= 4 is 21.4 Å². The maximum atomic E-state index is 11.2. The lowest BCUT2D eigenvalue weighted by Gasteiger charge is -2.17. The molecule has 0 spiro atoms. The lowest BCUT2D eigenvalue weighted by atomic mass is 10.2. The van der Waals surface area contributed by atoms with Crippen molar-refractivity contribution in [2.75, 3.05) is 29.4 Å². The number of rotatable bonds is 5. The van der Waals surface area contributed by atoms with E-state index in [0.717, 1.165) is 31.0 Å². The van der Waals surface area contributed by atoms with Crippen LogP contribution in [0.1, 0.15) is 19.3 Å². The van der Waals surface area contributed by atoms with E-state index in [1.165, 1.54) is 19.4 Å². The van der Waals surface area contributed by atoms with Crippen LogP contribution in [0.5, 0.6) is 0 Å². The van der Waals surface area contributed by atoms with Crippen LogP contribution in [0, 0.1) is 0 Å². The number of hydrogen-bond donors (Lipinski definition) is 2. The van der Waals surface area contributed by atoms with Gasteiger partial charge in [-0.05, 0) is 37.5 Å². The minimum Gasteiger partial charge on any atom is -0.381 e. The monoisotopic (exact) mass is 295 g/mol. The quantitative estimate of drug-likeness (QED) is 0.868. The predicted octanol–water partition coefficient (Wildman–Crippen LogP) is 1.71. The van der Waals surface area contributed by atoms with E-state index in [9.17, 15) is 8.42 Å². The summed E-state index contributed by atoms with van der Waals surface area (Å²) in [4.78, 5) is 2.55. The summed E-state index contributed by atoms with van der Waals surface area (Å²) in [7, 11) is -3.22. The topological polar surface area (TPSA) is 61.4 Å². The molecule has 1 heterocycles. The molecule has 0 amide bonds. The van der Waals surface area contributed by atoms with E-state index in [1.807, 2.05) is 18.2 Å². The molecule has 1 saturated heterocycles. The van der Waals surface area contributed by atoms with Gasteiger partial charge >= 0.3 is 0 Å². The zero-order valence-electron chi connectivity index (χ0n) is 11.7. The number of nitrogens with one attached hydrogen (secondary N) is 2.